The summed E-state index contributed by atoms with van der Waals surface area (Å²) in [7, 11) is 0. The SMILES string of the molecule is Cl.O=C(NCC1CCN(C/C=C/c2ccccc2)CC1)c1cc(-c2ccc(F)cc2F)n[nH]1. The van der Waals surface area contributed by atoms with Crippen molar-refractivity contribution in [1.29, 1.82) is 0 Å². The molecule has 5 nitrogen and oxygen atoms in total. The Morgan fingerprint density at radius 2 is 1.88 bits per heavy atom. The van der Waals surface area contributed by atoms with Crippen molar-refractivity contribution in [3.8, 4) is 11.3 Å². The number of aromatic nitrogens is 2. The van der Waals surface area contributed by atoms with Crippen LogP contribution in [0.1, 0.15) is 28.9 Å². The van der Waals surface area contributed by atoms with Gasteiger partial charge in [0.25, 0.3) is 5.91 Å². The molecule has 1 fully saturated rings. The standard InChI is InChI=1S/C25H26F2N4O.ClH/c26-20-8-9-21(22(27)15-20)23-16-24(30-29-23)25(32)28-17-19-10-13-31(14-11-19)12-4-7-18-5-2-1-3-6-18;/h1-9,15-16,19H,10-14,17H2,(H,28,32)(H,29,30);1H/b7-4+;. The van der Waals surface area contributed by atoms with Gasteiger partial charge in [-0.25, -0.2) is 8.78 Å². The molecule has 0 atom stereocenters. The van der Waals surface area contributed by atoms with E-state index in [1.807, 2.05) is 18.2 Å². The van der Waals surface area contributed by atoms with Gasteiger partial charge in [-0.3, -0.25) is 14.8 Å². The van der Waals surface area contributed by atoms with E-state index in [2.05, 4.69) is 44.7 Å². The third kappa shape index (κ3) is 6.73. The summed E-state index contributed by atoms with van der Waals surface area (Å²) in [5.41, 5.74) is 1.88. The molecule has 3 aromatic rings. The fourth-order valence-electron chi connectivity index (χ4n) is 3.88. The molecule has 0 radical (unpaired) electrons. The molecule has 0 spiro atoms. The summed E-state index contributed by atoms with van der Waals surface area (Å²) in [6, 6.07) is 15.0. The Morgan fingerprint density at radius 1 is 1.12 bits per heavy atom. The van der Waals surface area contributed by atoms with Crippen molar-refractivity contribution < 1.29 is 13.6 Å². The molecule has 1 amide bonds. The minimum absolute atomic E-state index is 0. The van der Waals surface area contributed by atoms with E-state index in [1.54, 1.807) is 0 Å². The van der Waals surface area contributed by atoms with E-state index in [-0.39, 0.29) is 35.3 Å². The van der Waals surface area contributed by atoms with E-state index in [1.165, 1.54) is 17.7 Å². The fourth-order valence-corrected chi connectivity index (χ4v) is 3.88. The summed E-state index contributed by atoms with van der Waals surface area (Å²) in [5.74, 6) is -1.23. The molecule has 1 aromatic heterocycles. The number of hydrogen-bond acceptors (Lipinski definition) is 3. The van der Waals surface area contributed by atoms with Crippen LogP contribution < -0.4 is 5.32 Å². The van der Waals surface area contributed by atoms with Gasteiger partial charge in [0.05, 0.1) is 5.69 Å². The number of amides is 1. The Kier molecular flexibility index (Phi) is 8.74. The van der Waals surface area contributed by atoms with Gasteiger partial charge in [-0.2, -0.15) is 5.10 Å². The summed E-state index contributed by atoms with van der Waals surface area (Å²) in [5, 5.41) is 9.57. The van der Waals surface area contributed by atoms with Gasteiger partial charge in [0.1, 0.15) is 17.3 Å². The highest BCUT2D eigenvalue weighted by Gasteiger charge is 2.20. The minimum atomic E-state index is -0.714. The molecule has 33 heavy (non-hydrogen) atoms. The van der Waals surface area contributed by atoms with Gasteiger partial charge in [0.2, 0.25) is 0 Å². The molecule has 174 valence electrons. The number of nitrogens with one attached hydrogen (secondary N) is 2. The van der Waals surface area contributed by atoms with E-state index < -0.39 is 11.6 Å². The Balaban J connectivity index is 0.00000306. The first-order chi connectivity index (χ1) is 15.6. The zero-order valence-corrected chi connectivity index (χ0v) is 19.0. The molecule has 1 saturated heterocycles. The van der Waals surface area contributed by atoms with E-state index in [0.29, 0.717) is 12.5 Å². The van der Waals surface area contributed by atoms with Gasteiger partial charge in [-0.15, -0.1) is 12.4 Å². The molecule has 0 aliphatic carbocycles. The molecule has 1 aliphatic rings. The molecule has 4 rings (SSSR count). The first-order valence-corrected chi connectivity index (χ1v) is 10.8. The third-order valence-corrected chi connectivity index (χ3v) is 5.76. The number of carbonyl (C=O) groups excluding carboxylic acids is 1. The summed E-state index contributed by atoms with van der Waals surface area (Å²) < 4.78 is 27.0. The van der Waals surface area contributed by atoms with Crippen molar-refractivity contribution in [3.05, 3.63) is 83.6 Å². The Bertz CT molecular complexity index is 1080. The van der Waals surface area contributed by atoms with E-state index in [4.69, 9.17) is 0 Å². The van der Waals surface area contributed by atoms with Crippen molar-refractivity contribution in [2.45, 2.75) is 12.8 Å². The van der Waals surface area contributed by atoms with Crippen LogP contribution in [0.4, 0.5) is 8.78 Å². The number of rotatable bonds is 7. The van der Waals surface area contributed by atoms with Crippen LogP contribution in [0.15, 0.2) is 60.7 Å². The highest BCUT2D eigenvalue weighted by atomic mass is 35.5. The molecule has 2 aromatic carbocycles. The van der Waals surface area contributed by atoms with Crippen molar-refractivity contribution >= 4 is 24.4 Å². The van der Waals surface area contributed by atoms with Crippen molar-refractivity contribution in [3.63, 3.8) is 0 Å². The number of hydrogen-bond donors (Lipinski definition) is 2. The molecular weight excluding hydrogens is 446 g/mol. The van der Waals surface area contributed by atoms with Gasteiger partial charge in [-0.1, -0.05) is 42.5 Å². The van der Waals surface area contributed by atoms with Crippen LogP contribution in [-0.4, -0.2) is 47.2 Å². The maximum atomic E-state index is 13.9. The Labute approximate surface area is 198 Å². The van der Waals surface area contributed by atoms with Crippen molar-refractivity contribution in [2.24, 2.45) is 5.92 Å². The lowest BCUT2D eigenvalue weighted by Crippen LogP contribution is -2.38. The normalized spacial score (nSPS) is 14.8. The lowest BCUT2D eigenvalue weighted by atomic mass is 9.96. The van der Waals surface area contributed by atoms with Crippen LogP contribution in [-0.2, 0) is 0 Å². The predicted octanol–water partition coefficient (Wildman–Crippen LogP) is 4.93. The maximum absolute atomic E-state index is 13.9. The van der Waals surface area contributed by atoms with Crippen LogP contribution in [0.5, 0.6) is 0 Å². The van der Waals surface area contributed by atoms with Crippen LogP contribution in [0.3, 0.4) is 0 Å². The maximum Gasteiger partial charge on any atom is 0.269 e. The smallest absolute Gasteiger partial charge is 0.269 e. The summed E-state index contributed by atoms with van der Waals surface area (Å²) in [6.07, 6.45) is 6.38. The Hall–Kier alpha value is -3.03. The zero-order chi connectivity index (χ0) is 22.3. The van der Waals surface area contributed by atoms with Gasteiger partial charge in [-0.05, 0) is 55.6 Å². The van der Waals surface area contributed by atoms with Gasteiger partial charge in [0, 0.05) is 24.7 Å². The van der Waals surface area contributed by atoms with Crippen molar-refractivity contribution in [1.82, 2.24) is 20.4 Å². The van der Waals surface area contributed by atoms with Crippen LogP contribution in [0, 0.1) is 17.6 Å². The quantitative estimate of drug-likeness (QED) is 0.512. The Morgan fingerprint density at radius 3 is 2.61 bits per heavy atom. The monoisotopic (exact) mass is 472 g/mol. The highest BCUT2D eigenvalue weighted by Crippen LogP contribution is 2.22. The average molecular weight is 473 g/mol. The second-order valence-electron chi connectivity index (χ2n) is 8.06. The molecule has 0 unspecified atom stereocenters. The topological polar surface area (TPSA) is 61.0 Å². The second kappa shape index (κ2) is 11.7. The molecule has 0 saturated carbocycles. The van der Waals surface area contributed by atoms with Crippen LogP contribution in [0.25, 0.3) is 17.3 Å². The lowest BCUT2D eigenvalue weighted by molar-refractivity contribution is 0.0932. The summed E-state index contributed by atoms with van der Waals surface area (Å²) in [4.78, 5) is 14.9. The number of carbonyl (C=O) groups is 1. The number of H-pyrrole nitrogens is 1. The van der Waals surface area contributed by atoms with E-state index >= 15 is 0 Å². The van der Waals surface area contributed by atoms with Crippen LogP contribution >= 0.6 is 12.4 Å². The van der Waals surface area contributed by atoms with Gasteiger partial charge < -0.3 is 5.32 Å². The molecule has 8 heteroatoms. The van der Waals surface area contributed by atoms with E-state index in [0.717, 1.165) is 44.6 Å². The van der Waals surface area contributed by atoms with E-state index in [9.17, 15) is 13.6 Å². The van der Waals surface area contributed by atoms with Gasteiger partial charge >= 0.3 is 0 Å². The predicted molar refractivity (Wildman–Crippen MR) is 128 cm³/mol. The molecular formula is C25H27ClF2N4O. The number of piperidine rings is 1. The first kappa shape index (κ1) is 24.6. The number of likely N-dealkylation sites (tertiary alicyclic amines) is 1. The highest BCUT2D eigenvalue weighted by molar-refractivity contribution is 5.93. The second-order valence-corrected chi connectivity index (χ2v) is 8.06. The number of nitrogens with zero attached hydrogens (tertiary/aromatic N) is 2. The number of aromatic amines is 1. The lowest BCUT2D eigenvalue weighted by Gasteiger charge is -2.31. The number of halogens is 3. The molecule has 0 bridgehead atoms. The average Bonchev–Trinajstić information content (AvgIpc) is 3.29. The first-order valence-electron chi connectivity index (χ1n) is 10.8. The summed E-state index contributed by atoms with van der Waals surface area (Å²) in [6.45, 7) is 3.51. The fraction of sp³-hybridized carbons (Fsp3) is 0.280. The molecule has 1 aliphatic heterocycles. The minimum Gasteiger partial charge on any atom is -0.350 e. The largest absolute Gasteiger partial charge is 0.350 e. The zero-order valence-electron chi connectivity index (χ0n) is 18.1. The van der Waals surface area contributed by atoms with Gasteiger partial charge in [0.15, 0.2) is 0 Å². The van der Waals surface area contributed by atoms with Crippen LogP contribution in [0.2, 0.25) is 0 Å². The van der Waals surface area contributed by atoms with Crippen molar-refractivity contribution in [2.75, 3.05) is 26.2 Å². The third-order valence-electron chi connectivity index (χ3n) is 5.76. The molecule has 2 heterocycles. The molecule has 2 N–H and O–H groups in total. The number of benzene rings is 2. The summed E-state index contributed by atoms with van der Waals surface area (Å²) >= 11 is 0.